The van der Waals surface area contributed by atoms with Crippen LogP contribution in [-0.4, -0.2) is 9.97 Å². The molecule has 2 aromatic rings. The van der Waals surface area contributed by atoms with Gasteiger partial charge in [0.2, 0.25) is 0 Å². The van der Waals surface area contributed by atoms with Crippen molar-refractivity contribution in [3.63, 3.8) is 0 Å². The molecule has 0 saturated heterocycles. The lowest BCUT2D eigenvalue weighted by molar-refractivity contribution is 1.06. The lowest BCUT2D eigenvalue weighted by Crippen LogP contribution is -1.94. The zero-order chi connectivity index (χ0) is 11.5. The van der Waals surface area contributed by atoms with Crippen LogP contribution in [0.5, 0.6) is 0 Å². The van der Waals surface area contributed by atoms with E-state index in [4.69, 9.17) is 5.73 Å². The van der Waals surface area contributed by atoms with E-state index in [0.29, 0.717) is 6.54 Å². The Balaban J connectivity index is 2.49. The Morgan fingerprint density at radius 3 is 2.88 bits per heavy atom. The summed E-state index contributed by atoms with van der Waals surface area (Å²) in [4.78, 5) is 9.88. The maximum Gasteiger partial charge on any atom is 0.124 e. The molecule has 84 valence electrons. The van der Waals surface area contributed by atoms with Gasteiger partial charge in [0.05, 0.1) is 5.69 Å². The van der Waals surface area contributed by atoms with E-state index < -0.39 is 0 Å². The standard InChI is InChI=1S/C12H15N3S/c1-3-9-7-14-5-4-10(9)12-15-8(2)11(6-13)16-12/h4-5,7H,3,6,13H2,1-2H3. The minimum atomic E-state index is 0.566. The largest absolute Gasteiger partial charge is 0.326 e. The van der Waals surface area contributed by atoms with Gasteiger partial charge in [0.15, 0.2) is 0 Å². The van der Waals surface area contributed by atoms with Crippen molar-refractivity contribution < 1.29 is 0 Å². The maximum atomic E-state index is 5.67. The van der Waals surface area contributed by atoms with E-state index in [2.05, 4.69) is 16.9 Å². The highest BCUT2D eigenvalue weighted by atomic mass is 32.1. The van der Waals surface area contributed by atoms with Crippen LogP contribution in [0.15, 0.2) is 18.5 Å². The van der Waals surface area contributed by atoms with Gasteiger partial charge in [0.25, 0.3) is 0 Å². The number of aryl methyl sites for hydroxylation is 2. The van der Waals surface area contributed by atoms with Crippen LogP contribution in [0.25, 0.3) is 10.6 Å². The summed E-state index contributed by atoms with van der Waals surface area (Å²) in [5, 5.41) is 1.05. The minimum Gasteiger partial charge on any atom is -0.326 e. The summed E-state index contributed by atoms with van der Waals surface area (Å²) in [5.74, 6) is 0. The molecule has 2 heterocycles. The van der Waals surface area contributed by atoms with E-state index in [9.17, 15) is 0 Å². The average molecular weight is 233 g/mol. The van der Waals surface area contributed by atoms with Gasteiger partial charge in [-0.15, -0.1) is 11.3 Å². The molecule has 0 bridgehead atoms. The Kier molecular flexibility index (Phi) is 3.31. The van der Waals surface area contributed by atoms with Crippen molar-refractivity contribution in [2.75, 3.05) is 0 Å². The van der Waals surface area contributed by atoms with Crippen LogP contribution in [0.4, 0.5) is 0 Å². The second-order valence-electron chi connectivity index (χ2n) is 3.62. The summed E-state index contributed by atoms with van der Waals surface area (Å²) in [6.07, 6.45) is 4.70. The van der Waals surface area contributed by atoms with Gasteiger partial charge in [-0.05, 0) is 25.0 Å². The predicted octanol–water partition coefficient (Wildman–Crippen LogP) is 2.53. The highest BCUT2D eigenvalue weighted by molar-refractivity contribution is 7.15. The van der Waals surface area contributed by atoms with Crippen LogP contribution < -0.4 is 5.73 Å². The van der Waals surface area contributed by atoms with E-state index in [1.165, 1.54) is 11.1 Å². The van der Waals surface area contributed by atoms with Gasteiger partial charge in [-0.25, -0.2) is 4.98 Å². The molecule has 0 saturated carbocycles. The molecule has 0 aromatic carbocycles. The highest BCUT2D eigenvalue weighted by Gasteiger charge is 2.10. The molecular weight excluding hydrogens is 218 g/mol. The zero-order valence-electron chi connectivity index (χ0n) is 9.53. The molecule has 2 rings (SSSR count). The molecule has 0 amide bonds. The topological polar surface area (TPSA) is 51.8 Å². The van der Waals surface area contributed by atoms with Gasteiger partial charge in [0, 0.05) is 29.4 Å². The number of rotatable bonds is 3. The highest BCUT2D eigenvalue weighted by Crippen LogP contribution is 2.29. The third-order valence-electron chi connectivity index (χ3n) is 2.59. The third-order valence-corrected chi connectivity index (χ3v) is 3.81. The fourth-order valence-electron chi connectivity index (χ4n) is 1.65. The summed E-state index contributed by atoms with van der Waals surface area (Å²) >= 11 is 1.68. The van der Waals surface area contributed by atoms with Crippen molar-refractivity contribution >= 4 is 11.3 Å². The predicted molar refractivity (Wildman–Crippen MR) is 67.4 cm³/mol. The number of pyridine rings is 1. The number of nitrogens with zero attached hydrogens (tertiary/aromatic N) is 2. The van der Waals surface area contributed by atoms with Crippen LogP contribution in [0.3, 0.4) is 0 Å². The molecule has 4 heteroatoms. The van der Waals surface area contributed by atoms with E-state index in [-0.39, 0.29) is 0 Å². The Morgan fingerprint density at radius 1 is 1.44 bits per heavy atom. The minimum absolute atomic E-state index is 0.566. The first-order valence-electron chi connectivity index (χ1n) is 5.36. The average Bonchev–Trinajstić information content (AvgIpc) is 2.70. The van der Waals surface area contributed by atoms with Crippen molar-refractivity contribution in [3.8, 4) is 10.6 Å². The number of thiazole rings is 1. The van der Waals surface area contributed by atoms with Crippen molar-refractivity contribution in [1.82, 2.24) is 9.97 Å². The number of hydrogen-bond acceptors (Lipinski definition) is 4. The molecule has 0 aliphatic carbocycles. The molecule has 0 atom stereocenters. The number of nitrogens with two attached hydrogens (primary N) is 1. The maximum absolute atomic E-state index is 5.67. The Hall–Kier alpha value is -1.26. The van der Waals surface area contributed by atoms with Gasteiger partial charge in [-0.2, -0.15) is 0 Å². The molecule has 0 radical (unpaired) electrons. The summed E-state index contributed by atoms with van der Waals surface area (Å²) in [6.45, 7) is 4.70. The second-order valence-corrected chi connectivity index (χ2v) is 4.70. The van der Waals surface area contributed by atoms with Crippen molar-refractivity contribution in [2.24, 2.45) is 5.73 Å². The quantitative estimate of drug-likeness (QED) is 0.886. The molecule has 0 fully saturated rings. The summed E-state index contributed by atoms with van der Waals surface area (Å²) in [5.41, 5.74) is 9.14. The van der Waals surface area contributed by atoms with E-state index >= 15 is 0 Å². The first kappa shape index (κ1) is 11.2. The number of aromatic nitrogens is 2. The van der Waals surface area contributed by atoms with Crippen molar-refractivity contribution in [2.45, 2.75) is 26.8 Å². The first-order chi connectivity index (χ1) is 7.76. The van der Waals surface area contributed by atoms with E-state index in [1.54, 1.807) is 11.3 Å². The van der Waals surface area contributed by atoms with Crippen LogP contribution in [-0.2, 0) is 13.0 Å². The molecule has 0 aliphatic rings. The SMILES string of the molecule is CCc1cnccc1-c1nc(C)c(CN)s1. The fraction of sp³-hybridized carbons (Fsp3) is 0.333. The van der Waals surface area contributed by atoms with Gasteiger partial charge in [-0.3, -0.25) is 4.98 Å². The Bertz CT molecular complexity index is 491. The summed E-state index contributed by atoms with van der Waals surface area (Å²) < 4.78 is 0. The molecule has 0 aliphatic heterocycles. The molecule has 0 spiro atoms. The first-order valence-corrected chi connectivity index (χ1v) is 6.17. The Morgan fingerprint density at radius 2 is 2.25 bits per heavy atom. The lowest BCUT2D eigenvalue weighted by atomic mass is 10.1. The molecule has 16 heavy (non-hydrogen) atoms. The van der Waals surface area contributed by atoms with Crippen molar-refractivity contribution in [3.05, 3.63) is 34.6 Å². The molecule has 2 aromatic heterocycles. The van der Waals surface area contributed by atoms with Gasteiger partial charge < -0.3 is 5.73 Å². The van der Waals surface area contributed by atoms with Gasteiger partial charge in [-0.1, -0.05) is 6.92 Å². The third kappa shape index (κ3) is 1.99. The van der Waals surface area contributed by atoms with E-state index in [1.807, 2.05) is 25.4 Å². The Labute approximate surface area is 99.4 Å². The molecule has 0 unspecified atom stereocenters. The van der Waals surface area contributed by atoms with Crippen LogP contribution >= 0.6 is 11.3 Å². The number of hydrogen-bond donors (Lipinski definition) is 1. The molecule has 3 nitrogen and oxygen atoms in total. The van der Waals surface area contributed by atoms with Crippen LogP contribution in [0.1, 0.15) is 23.1 Å². The van der Waals surface area contributed by atoms with Crippen LogP contribution in [0, 0.1) is 6.92 Å². The smallest absolute Gasteiger partial charge is 0.124 e. The fourth-order valence-corrected chi connectivity index (χ4v) is 2.65. The van der Waals surface area contributed by atoms with Crippen molar-refractivity contribution in [1.29, 1.82) is 0 Å². The van der Waals surface area contributed by atoms with Crippen LogP contribution in [0.2, 0.25) is 0 Å². The summed E-state index contributed by atoms with van der Waals surface area (Å²) in [6, 6.07) is 2.03. The normalized spacial score (nSPS) is 10.7. The van der Waals surface area contributed by atoms with E-state index in [0.717, 1.165) is 22.0 Å². The monoisotopic (exact) mass is 233 g/mol. The molecular formula is C12H15N3S. The van der Waals surface area contributed by atoms with Gasteiger partial charge in [0.1, 0.15) is 5.01 Å². The second kappa shape index (κ2) is 4.72. The zero-order valence-corrected chi connectivity index (χ0v) is 10.3. The van der Waals surface area contributed by atoms with Gasteiger partial charge >= 0.3 is 0 Å². The summed E-state index contributed by atoms with van der Waals surface area (Å²) in [7, 11) is 0. The molecule has 2 N–H and O–H groups in total. The lowest BCUT2D eigenvalue weighted by Gasteiger charge is -2.02.